The molecule has 2 saturated heterocycles. The second-order valence-electron chi connectivity index (χ2n) is 8.34. The number of carbonyl (C=O) groups excluding carboxylic acids is 2. The van der Waals surface area contributed by atoms with Gasteiger partial charge in [0.1, 0.15) is 5.82 Å². The molecule has 0 aliphatic carbocycles. The first-order chi connectivity index (χ1) is 15.6. The summed E-state index contributed by atoms with van der Waals surface area (Å²) in [5.74, 6) is 0.102. The second kappa shape index (κ2) is 9.32. The highest BCUT2D eigenvalue weighted by Gasteiger charge is 2.33. The van der Waals surface area contributed by atoms with E-state index in [4.69, 9.17) is 11.6 Å². The number of piperazine rings is 1. The van der Waals surface area contributed by atoms with Gasteiger partial charge in [-0.2, -0.15) is 4.31 Å². The number of halogens is 1. The summed E-state index contributed by atoms with van der Waals surface area (Å²) in [7, 11) is -1.93. The summed E-state index contributed by atoms with van der Waals surface area (Å²) < 4.78 is 28.8. The van der Waals surface area contributed by atoms with Gasteiger partial charge in [0.25, 0.3) is 10.0 Å². The molecule has 2 amide bonds. The number of anilines is 2. The SMILES string of the molecule is Cc1nc(S(=O)(=O)N2CCC(C(=O)Nc3ccc(N4CCNC(=O)C4)c(Cl)c3)CC2)cn1C. The number of amides is 2. The lowest BCUT2D eigenvalue weighted by Crippen LogP contribution is -2.47. The monoisotopic (exact) mass is 494 g/mol. The van der Waals surface area contributed by atoms with Crippen molar-refractivity contribution in [2.75, 3.05) is 42.9 Å². The first kappa shape index (κ1) is 23.5. The molecule has 33 heavy (non-hydrogen) atoms. The molecule has 10 nitrogen and oxygen atoms in total. The number of piperidine rings is 1. The quantitative estimate of drug-likeness (QED) is 0.648. The number of hydrogen-bond donors (Lipinski definition) is 2. The zero-order chi connectivity index (χ0) is 23.8. The maximum absolute atomic E-state index is 12.8. The van der Waals surface area contributed by atoms with E-state index in [1.54, 1.807) is 36.7 Å². The third kappa shape index (κ3) is 4.99. The minimum Gasteiger partial charge on any atom is -0.359 e. The van der Waals surface area contributed by atoms with Crippen LogP contribution in [0.25, 0.3) is 0 Å². The van der Waals surface area contributed by atoms with Gasteiger partial charge in [-0.15, -0.1) is 0 Å². The highest BCUT2D eigenvalue weighted by Crippen LogP contribution is 2.30. The molecule has 2 N–H and O–H groups in total. The lowest BCUT2D eigenvalue weighted by Gasteiger charge is -2.30. The third-order valence-corrected chi connectivity index (χ3v) is 8.18. The Balaban J connectivity index is 1.35. The summed E-state index contributed by atoms with van der Waals surface area (Å²) in [6.07, 6.45) is 2.35. The number of rotatable bonds is 5. The van der Waals surface area contributed by atoms with Crippen molar-refractivity contribution in [1.82, 2.24) is 19.2 Å². The van der Waals surface area contributed by atoms with E-state index in [1.165, 1.54) is 10.5 Å². The largest absolute Gasteiger partial charge is 0.359 e. The van der Waals surface area contributed by atoms with Gasteiger partial charge in [-0.05, 0) is 38.0 Å². The Morgan fingerprint density at radius 1 is 1.24 bits per heavy atom. The average Bonchev–Trinajstić information content (AvgIpc) is 3.13. The average molecular weight is 495 g/mol. The molecule has 1 aromatic heterocycles. The highest BCUT2D eigenvalue weighted by atomic mass is 35.5. The summed E-state index contributed by atoms with van der Waals surface area (Å²) >= 11 is 6.41. The number of aromatic nitrogens is 2. The molecule has 178 valence electrons. The summed E-state index contributed by atoms with van der Waals surface area (Å²) in [6.45, 7) is 3.72. The summed E-state index contributed by atoms with van der Waals surface area (Å²) in [5.41, 5.74) is 1.31. The molecule has 2 aliphatic heterocycles. The van der Waals surface area contributed by atoms with Gasteiger partial charge in [-0.3, -0.25) is 9.59 Å². The molecule has 3 heterocycles. The zero-order valence-electron chi connectivity index (χ0n) is 18.5. The predicted molar refractivity (Wildman–Crippen MR) is 125 cm³/mol. The van der Waals surface area contributed by atoms with Crippen LogP contribution in [-0.4, -0.2) is 66.8 Å². The highest BCUT2D eigenvalue weighted by molar-refractivity contribution is 7.89. The fraction of sp³-hybridized carbons (Fsp3) is 0.476. The molecular formula is C21H27ClN6O4S. The van der Waals surface area contributed by atoms with Crippen molar-refractivity contribution in [3.05, 3.63) is 35.2 Å². The Bertz CT molecular complexity index is 1150. The molecular weight excluding hydrogens is 468 g/mol. The van der Waals surface area contributed by atoms with Crippen molar-refractivity contribution < 1.29 is 18.0 Å². The number of imidazole rings is 1. The summed E-state index contributed by atoms with van der Waals surface area (Å²) in [6, 6.07) is 5.22. The van der Waals surface area contributed by atoms with Crippen molar-refractivity contribution in [3.63, 3.8) is 0 Å². The third-order valence-electron chi connectivity index (χ3n) is 6.11. The van der Waals surface area contributed by atoms with Crippen molar-refractivity contribution in [1.29, 1.82) is 0 Å². The molecule has 2 fully saturated rings. The van der Waals surface area contributed by atoms with Gasteiger partial charge in [0.2, 0.25) is 11.8 Å². The lowest BCUT2D eigenvalue weighted by molar-refractivity contribution is -0.121. The number of nitrogens with one attached hydrogen (secondary N) is 2. The smallest absolute Gasteiger partial charge is 0.262 e. The molecule has 0 saturated carbocycles. The van der Waals surface area contributed by atoms with Gasteiger partial charge < -0.3 is 20.1 Å². The number of aryl methyl sites for hydroxylation is 2. The van der Waals surface area contributed by atoms with E-state index in [0.29, 0.717) is 42.5 Å². The Hall–Kier alpha value is -2.63. The topological polar surface area (TPSA) is 117 Å². The summed E-state index contributed by atoms with van der Waals surface area (Å²) in [5, 5.41) is 6.14. The van der Waals surface area contributed by atoms with Gasteiger partial charge in [-0.1, -0.05) is 11.6 Å². The minimum absolute atomic E-state index is 0.0336. The van der Waals surface area contributed by atoms with E-state index in [0.717, 1.165) is 5.69 Å². The van der Waals surface area contributed by atoms with Crippen LogP contribution < -0.4 is 15.5 Å². The van der Waals surface area contributed by atoms with Crippen LogP contribution in [0, 0.1) is 12.8 Å². The van der Waals surface area contributed by atoms with E-state index in [1.807, 2.05) is 4.90 Å². The molecule has 0 unspecified atom stereocenters. The molecule has 4 rings (SSSR count). The Morgan fingerprint density at radius 2 is 1.97 bits per heavy atom. The summed E-state index contributed by atoms with van der Waals surface area (Å²) in [4.78, 5) is 30.4. The Morgan fingerprint density at radius 3 is 2.58 bits per heavy atom. The van der Waals surface area contributed by atoms with Crippen LogP contribution in [0.4, 0.5) is 11.4 Å². The first-order valence-electron chi connectivity index (χ1n) is 10.8. The number of benzene rings is 1. The number of nitrogens with zero attached hydrogens (tertiary/aromatic N) is 4. The molecule has 1 aromatic carbocycles. The van der Waals surface area contributed by atoms with Crippen molar-refractivity contribution in [2.24, 2.45) is 13.0 Å². The fourth-order valence-corrected chi connectivity index (χ4v) is 5.87. The van der Waals surface area contributed by atoms with Crippen molar-refractivity contribution >= 4 is 44.8 Å². The van der Waals surface area contributed by atoms with Crippen molar-refractivity contribution in [2.45, 2.75) is 24.8 Å². The number of hydrogen-bond acceptors (Lipinski definition) is 6. The van der Waals surface area contributed by atoms with E-state index < -0.39 is 10.0 Å². The van der Waals surface area contributed by atoms with Crippen LogP contribution in [0.15, 0.2) is 29.4 Å². The molecule has 0 bridgehead atoms. The number of carbonyl (C=O) groups is 2. The van der Waals surface area contributed by atoms with Crippen LogP contribution in [0.5, 0.6) is 0 Å². The molecule has 2 aliphatic rings. The van der Waals surface area contributed by atoms with Crippen LogP contribution >= 0.6 is 11.6 Å². The van der Waals surface area contributed by atoms with E-state index in [2.05, 4.69) is 15.6 Å². The van der Waals surface area contributed by atoms with E-state index in [-0.39, 0.29) is 42.4 Å². The normalized spacial score (nSPS) is 18.3. The Kier molecular flexibility index (Phi) is 6.64. The molecule has 0 spiro atoms. The van der Waals surface area contributed by atoms with Crippen molar-refractivity contribution in [3.8, 4) is 0 Å². The van der Waals surface area contributed by atoms with Crippen LogP contribution in [0.1, 0.15) is 18.7 Å². The zero-order valence-corrected chi connectivity index (χ0v) is 20.1. The van der Waals surface area contributed by atoms with E-state index >= 15 is 0 Å². The molecule has 12 heteroatoms. The molecule has 2 aromatic rings. The predicted octanol–water partition coefficient (Wildman–Crippen LogP) is 1.36. The number of sulfonamides is 1. The molecule has 0 atom stereocenters. The van der Waals surface area contributed by atoms with Gasteiger partial charge in [0.05, 0.1) is 17.3 Å². The van der Waals surface area contributed by atoms with Crippen LogP contribution in [-0.2, 0) is 26.7 Å². The lowest BCUT2D eigenvalue weighted by atomic mass is 9.97. The Labute approximate surface area is 198 Å². The minimum atomic E-state index is -3.68. The van der Waals surface area contributed by atoms with Crippen LogP contribution in [0.3, 0.4) is 0 Å². The standard InChI is InChI=1S/C21H27ClN6O4S/c1-14-24-20(13-26(14)2)33(31,32)28-8-5-15(6-9-28)21(30)25-16-3-4-18(17(22)11-16)27-10-7-23-19(29)12-27/h3-4,11,13,15H,5-10,12H2,1-2H3,(H,23,29)(H,25,30). The van der Waals surface area contributed by atoms with Gasteiger partial charge in [-0.25, -0.2) is 13.4 Å². The fourth-order valence-electron chi connectivity index (χ4n) is 4.07. The first-order valence-corrected chi connectivity index (χ1v) is 12.6. The molecule has 0 radical (unpaired) electrons. The van der Waals surface area contributed by atoms with Gasteiger partial charge in [0, 0.05) is 51.0 Å². The van der Waals surface area contributed by atoms with Crippen LogP contribution in [0.2, 0.25) is 5.02 Å². The van der Waals surface area contributed by atoms with Gasteiger partial charge >= 0.3 is 0 Å². The van der Waals surface area contributed by atoms with Gasteiger partial charge in [0.15, 0.2) is 5.03 Å². The maximum atomic E-state index is 12.8. The van der Waals surface area contributed by atoms with E-state index in [9.17, 15) is 18.0 Å². The maximum Gasteiger partial charge on any atom is 0.262 e. The second-order valence-corrected chi connectivity index (χ2v) is 10.6.